The Morgan fingerprint density at radius 1 is 0.889 bits per heavy atom. The average molecular weight is 546 g/mol. The topological polar surface area (TPSA) is 84.9 Å². The van der Waals surface area contributed by atoms with E-state index in [4.69, 9.17) is 44.3 Å². The summed E-state index contributed by atoms with van der Waals surface area (Å²) in [6.45, 7) is 2.35. The Labute approximate surface area is 222 Å². The highest BCUT2D eigenvalue weighted by Crippen LogP contribution is 2.38. The lowest BCUT2D eigenvalue weighted by molar-refractivity contribution is -0.122. The number of nitrogens with one attached hydrogen (secondary N) is 1. The van der Waals surface area contributed by atoms with Crippen LogP contribution in [0.15, 0.2) is 66.2 Å². The normalized spacial score (nSPS) is 14.7. The lowest BCUT2D eigenvalue weighted by atomic mass is 10.1. The first kappa shape index (κ1) is 25.6. The molecule has 1 N–H and O–H groups in total. The SMILES string of the molecule is CCOc1cc(C=C2C(=O)NC(=O)N(c3ccc(Cl)cc3)C2=O)cc(Cl)c1OCc1ccc(Cl)cc1. The molecule has 10 heteroatoms. The average Bonchev–Trinajstić information content (AvgIpc) is 2.83. The zero-order chi connectivity index (χ0) is 25.8. The van der Waals surface area contributed by atoms with E-state index in [0.29, 0.717) is 33.7 Å². The number of nitrogens with zero attached hydrogens (tertiary/aromatic N) is 1. The van der Waals surface area contributed by atoms with Crippen molar-refractivity contribution in [2.24, 2.45) is 0 Å². The van der Waals surface area contributed by atoms with E-state index in [1.54, 1.807) is 25.1 Å². The molecule has 3 aromatic rings. The highest BCUT2D eigenvalue weighted by Gasteiger charge is 2.36. The highest BCUT2D eigenvalue weighted by atomic mass is 35.5. The second-order valence-electron chi connectivity index (χ2n) is 7.61. The second-order valence-corrected chi connectivity index (χ2v) is 8.89. The van der Waals surface area contributed by atoms with Gasteiger partial charge in [0.05, 0.1) is 17.3 Å². The Morgan fingerprint density at radius 3 is 2.17 bits per heavy atom. The molecule has 0 atom stereocenters. The van der Waals surface area contributed by atoms with E-state index in [1.807, 2.05) is 12.1 Å². The smallest absolute Gasteiger partial charge is 0.335 e. The fraction of sp³-hybridized carbons (Fsp3) is 0.115. The number of benzene rings is 3. The van der Waals surface area contributed by atoms with Gasteiger partial charge in [-0.25, -0.2) is 9.69 Å². The minimum absolute atomic E-state index is 0.219. The quantitative estimate of drug-likeness (QED) is 0.279. The molecule has 0 unspecified atom stereocenters. The van der Waals surface area contributed by atoms with Crippen LogP contribution in [0.3, 0.4) is 0 Å². The summed E-state index contributed by atoms with van der Waals surface area (Å²) in [4.78, 5) is 38.9. The zero-order valence-electron chi connectivity index (χ0n) is 18.9. The minimum atomic E-state index is -0.858. The molecular formula is C26H19Cl3N2O5. The van der Waals surface area contributed by atoms with Gasteiger partial charge in [0.25, 0.3) is 11.8 Å². The van der Waals surface area contributed by atoms with Gasteiger partial charge in [0.1, 0.15) is 12.2 Å². The highest BCUT2D eigenvalue weighted by molar-refractivity contribution is 6.39. The molecule has 0 aliphatic carbocycles. The van der Waals surface area contributed by atoms with Gasteiger partial charge in [0.15, 0.2) is 11.5 Å². The maximum atomic E-state index is 13.1. The number of hydrogen-bond donors (Lipinski definition) is 1. The molecule has 7 nitrogen and oxygen atoms in total. The molecule has 3 aromatic carbocycles. The number of barbiturate groups is 1. The van der Waals surface area contributed by atoms with Crippen molar-refractivity contribution in [1.82, 2.24) is 5.32 Å². The summed E-state index contributed by atoms with van der Waals surface area (Å²) in [6.07, 6.45) is 1.34. The van der Waals surface area contributed by atoms with Crippen molar-refractivity contribution in [2.45, 2.75) is 13.5 Å². The monoisotopic (exact) mass is 544 g/mol. The van der Waals surface area contributed by atoms with Crippen molar-refractivity contribution >= 4 is 64.4 Å². The van der Waals surface area contributed by atoms with Crippen LogP contribution in [0.1, 0.15) is 18.1 Å². The van der Waals surface area contributed by atoms with Crippen LogP contribution in [0.4, 0.5) is 10.5 Å². The lowest BCUT2D eigenvalue weighted by Crippen LogP contribution is -2.54. The molecule has 4 amide bonds. The number of anilines is 1. The molecule has 36 heavy (non-hydrogen) atoms. The number of ether oxygens (including phenoxy) is 2. The fourth-order valence-electron chi connectivity index (χ4n) is 3.46. The Kier molecular flexibility index (Phi) is 7.84. The predicted molar refractivity (Wildman–Crippen MR) is 139 cm³/mol. The molecular weight excluding hydrogens is 527 g/mol. The standard InChI is InChI=1S/C26H19Cl3N2O5/c1-2-35-22-13-16(12-21(29)23(22)36-14-15-3-5-17(27)6-4-15)11-20-24(32)30-26(34)31(25(20)33)19-9-7-18(28)8-10-19/h3-13H,2,14H2,1H3,(H,30,32,34). The van der Waals surface area contributed by atoms with Crippen LogP contribution in [0.5, 0.6) is 11.5 Å². The van der Waals surface area contributed by atoms with Gasteiger partial charge in [0.2, 0.25) is 0 Å². The number of halogens is 3. The molecule has 0 saturated carbocycles. The van der Waals surface area contributed by atoms with Crippen LogP contribution in [-0.2, 0) is 16.2 Å². The van der Waals surface area contributed by atoms with E-state index in [2.05, 4.69) is 5.32 Å². The molecule has 4 rings (SSSR count). The summed E-state index contributed by atoms with van der Waals surface area (Å²) < 4.78 is 11.6. The van der Waals surface area contributed by atoms with Gasteiger partial charge in [-0.3, -0.25) is 14.9 Å². The van der Waals surface area contributed by atoms with Crippen molar-refractivity contribution in [3.05, 3.63) is 92.4 Å². The summed E-state index contributed by atoms with van der Waals surface area (Å²) in [6, 6.07) is 15.5. The van der Waals surface area contributed by atoms with Crippen molar-refractivity contribution in [2.75, 3.05) is 11.5 Å². The maximum Gasteiger partial charge on any atom is 0.335 e. The van der Waals surface area contributed by atoms with Gasteiger partial charge in [-0.1, -0.05) is 46.9 Å². The Hall–Kier alpha value is -3.52. The number of carbonyl (C=O) groups excluding carboxylic acids is 3. The third-order valence-corrected chi connectivity index (χ3v) is 5.91. The van der Waals surface area contributed by atoms with Crippen LogP contribution >= 0.6 is 34.8 Å². The number of rotatable bonds is 7. The lowest BCUT2D eigenvalue weighted by Gasteiger charge is -2.26. The Balaban J connectivity index is 1.65. The largest absolute Gasteiger partial charge is 0.490 e. The number of urea groups is 1. The number of hydrogen-bond acceptors (Lipinski definition) is 5. The molecule has 1 heterocycles. The van der Waals surface area contributed by atoms with Gasteiger partial charge >= 0.3 is 6.03 Å². The van der Waals surface area contributed by atoms with E-state index in [9.17, 15) is 14.4 Å². The first-order chi connectivity index (χ1) is 17.3. The molecule has 1 fully saturated rings. The number of carbonyl (C=O) groups is 3. The Morgan fingerprint density at radius 2 is 1.53 bits per heavy atom. The maximum absolute atomic E-state index is 13.1. The van der Waals surface area contributed by atoms with Gasteiger partial charge in [-0.2, -0.15) is 0 Å². The number of amides is 4. The third-order valence-electron chi connectivity index (χ3n) is 5.13. The molecule has 0 radical (unpaired) electrons. The third kappa shape index (κ3) is 5.65. The summed E-state index contributed by atoms with van der Waals surface area (Å²) in [7, 11) is 0. The fourth-order valence-corrected chi connectivity index (χ4v) is 3.98. The number of imide groups is 2. The first-order valence-electron chi connectivity index (χ1n) is 10.8. The predicted octanol–water partition coefficient (Wildman–Crippen LogP) is 6.29. The Bertz CT molecular complexity index is 1360. The molecule has 1 saturated heterocycles. The van der Waals surface area contributed by atoms with Gasteiger partial charge in [-0.15, -0.1) is 0 Å². The van der Waals surface area contributed by atoms with Crippen molar-refractivity contribution in [1.29, 1.82) is 0 Å². The minimum Gasteiger partial charge on any atom is -0.490 e. The van der Waals surface area contributed by atoms with E-state index in [0.717, 1.165) is 10.5 Å². The van der Waals surface area contributed by atoms with E-state index in [-0.39, 0.29) is 22.9 Å². The molecule has 1 aliphatic heterocycles. The van der Waals surface area contributed by atoms with Crippen molar-refractivity contribution in [3.63, 3.8) is 0 Å². The molecule has 0 bridgehead atoms. The zero-order valence-corrected chi connectivity index (χ0v) is 21.2. The van der Waals surface area contributed by atoms with Crippen LogP contribution in [0.2, 0.25) is 15.1 Å². The molecule has 1 aliphatic rings. The summed E-state index contributed by atoms with van der Waals surface area (Å²) >= 11 is 18.3. The summed E-state index contributed by atoms with van der Waals surface area (Å²) in [5, 5.41) is 3.45. The van der Waals surface area contributed by atoms with Gasteiger partial charge < -0.3 is 9.47 Å². The summed E-state index contributed by atoms with van der Waals surface area (Å²) in [5.41, 5.74) is 1.30. The van der Waals surface area contributed by atoms with E-state index in [1.165, 1.54) is 36.4 Å². The van der Waals surface area contributed by atoms with E-state index < -0.39 is 17.8 Å². The van der Waals surface area contributed by atoms with Crippen LogP contribution < -0.4 is 19.7 Å². The molecule has 184 valence electrons. The molecule has 0 aromatic heterocycles. The van der Waals surface area contributed by atoms with Crippen LogP contribution in [-0.4, -0.2) is 24.5 Å². The van der Waals surface area contributed by atoms with Crippen LogP contribution in [0.25, 0.3) is 6.08 Å². The summed E-state index contributed by atoms with van der Waals surface area (Å²) in [5.74, 6) is -0.969. The van der Waals surface area contributed by atoms with Crippen LogP contribution in [0, 0.1) is 0 Å². The van der Waals surface area contributed by atoms with Crippen molar-refractivity contribution < 1.29 is 23.9 Å². The van der Waals surface area contributed by atoms with Gasteiger partial charge in [0, 0.05) is 10.0 Å². The van der Waals surface area contributed by atoms with E-state index >= 15 is 0 Å². The second kappa shape index (κ2) is 11.0. The van der Waals surface area contributed by atoms with Crippen molar-refractivity contribution in [3.8, 4) is 11.5 Å². The molecule has 0 spiro atoms. The first-order valence-corrected chi connectivity index (χ1v) is 11.9. The van der Waals surface area contributed by atoms with Gasteiger partial charge in [-0.05, 0) is 72.7 Å².